The Morgan fingerprint density at radius 3 is 2.48 bits per heavy atom. The van der Waals surface area contributed by atoms with E-state index < -0.39 is 41.1 Å². The SMILES string of the molecule is COc1c(C[C@H](NC(=O)c2ccc(CN(C)C)c([N+](=O)[O-])c2)B2OC3CC4CC(C4(C)C)C3(C)O2)cccc1C(=O)OC(C)(C)C. The summed E-state index contributed by atoms with van der Waals surface area (Å²) in [5.74, 6) is -0.544. The third-order valence-electron chi connectivity index (χ3n) is 10.0. The standard InChI is InChI=1S/C34H46BN3O8/c1-32(2,3)44-31(40)24-12-10-11-20(29(24)43-9)16-28(35-45-27-18-23-17-26(33(23,4)5)34(27,6)46-35)36-30(39)21-13-14-22(19-37(7)8)25(15-21)38(41)42/h10-15,23,26-28H,16-19H2,1-9H3,(H,36,39)/t23?,26?,27?,28-,34?/m0/s1. The smallest absolute Gasteiger partial charge is 0.482 e. The van der Waals surface area contributed by atoms with Gasteiger partial charge in [0.05, 0.1) is 29.7 Å². The Bertz CT molecular complexity index is 1520. The fourth-order valence-electron chi connectivity index (χ4n) is 7.60. The number of benzene rings is 2. The van der Waals surface area contributed by atoms with Crippen molar-refractivity contribution in [3.8, 4) is 5.75 Å². The van der Waals surface area contributed by atoms with Crippen LogP contribution in [0.15, 0.2) is 36.4 Å². The highest BCUT2D eigenvalue weighted by Gasteiger charge is 2.68. The monoisotopic (exact) mass is 635 g/mol. The van der Waals surface area contributed by atoms with E-state index in [0.29, 0.717) is 35.3 Å². The van der Waals surface area contributed by atoms with Gasteiger partial charge in [-0.2, -0.15) is 0 Å². The number of nitro benzene ring substituents is 1. The Labute approximate surface area is 271 Å². The van der Waals surface area contributed by atoms with Gasteiger partial charge in [-0.1, -0.05) is 32.0 Å². The molecule has 0 aromatic heterocycles. The molecule has 2 aromatic rings. The Hall–Kier alpha value is -3.48. The molecule has 1 N–H and O–H groups in total. The average molecular weight is 636 g/mol. The molecule has 11 nitrogen and oxygen atoms in total. The summed E-state index contributed by atoms with van der Waals surface area (Å²) in [5.41, 5.74) is 0.348. The first-order valence-electron chi connectivity index (χ1n) is 15.9. The van der Waals surface area contributed by atoms with E-state index in [1.807, 2.05) is 25.1 Å². The number of para-hydroxylation sites is 1. The molecule has 12 heteroatoms. The van der Waals surface area contributed by atoms with Crippen LogP contribution in [0.3, 0.4) is 0 Å². The predicted molar refractivity (Wildman–Crippen MR) is 174 cm³/mol. The third-order valence-corrected chi connectivity index (χ3v) is 10.0. The number of carbonyl (C=O) groups excluding carboxylic acids is 2. The number of nitro groups is 1. The maximum atomic E-state index is 13.8. The Morgan fingerprint density at radius 2 is 1.87 bits per heavy atom. The summed E-state index contributed by atoms with van der Waals surface area (Å²) >= 11 is 0. The van der Waals surface area contributed by atoms with Crippen molar-refractivity contribution in [2.75, 3.05) is 21.2 Å². The molecular weight excluding hydrogens is 589 g/mol. The van der Waals surface area contributed by atoms with E-state index in [9.17, 15) is 19.7 Å². The molecular formula is C34H46BN3O8. The lowest BCUT2D eigenvalue weighted by molar-refractivity contribution is -0.385. The zero-order chi connectivity index (χ0) is 33.8. The molecule has 248 valence electrons. The molecule has 6 rings (SSSR count). The second kappa shape index (κ2) is 12.3. The van der Waals surface area contributed by atoms with Crippen LogP contribution in [0.2, 0.25) is 0 Å². The van der Waals surface area contributed by atoms with E-state index in [0.717, 1.165) is 12.8 Å². The number of hydrogen-bond donors (Lipinski definition) is 1. The highest BCUT2D eigenvalue weighted by atomic mass is 16.7. The van der Waals surface area contributed by atoms with Gasteiger partial charge in [-0.25, -0.2) is 4.79 Å². The maximum Gasteiger partial charge on any atom is 0.482 e. The molecule has 1 amide bonds. The molecule has 0 radical (unpaired) electrons. The minimum Gasteiger partial charge on any atom is -0.496 e. The summed E-state index contributed by atoms with van der Waals surface area (Å²) in [6.07, 6.45) is 2.02. The normalized spacial score (nSPS) is 25.3. The van der Waals surface area contributed by atoms with Crippen LogP contribution in [0.1, 0.15) is 86.2 Å². The summed E-state index contributed by atoms with van der Waals surface area (Å²) in [4.78, 5) is 40.2. The molecule has 0 spiro atoms. The quantitative estimate of drug-likeness (QED) is 0.162. The highest BCUT2D eigenvalue weighted by Crippen LogP contribution is 2.65. The summed E-state index contributed by atoms with van der Waals surface area (Å²) < 4.78 is 24.7. The second-order valence-corrected chi connectivity index (χ2v) is 15.0. The van der Waals surface area contributed by atoms with Gasteiger partial charge < -0.3 is 29.0 Å². The van der Waals surface area contributed by atoms with E-state index in [-0.39, 0.29) is 34.8 Å². The lowest BCUT2D eigenvalue weighted by atomic mass is 9.43. The average Bonchev–Trinajstić information content (AvgIpc) is 3.32. The molecule has 1 heterocycles. The summed E-state index contributed by atoms with van der Waals surface area (Å²) in [7, 11) is 4.34. The molecule has 3 saturated carbocycles. The van der Waals surface area contributed by atoms with Crippen LogP contribution < -0.4 is 10.1 Å². The molecule has 1 aliphatic heterocycles. The van der Waals surface area contributed by atoms with Crippen molar-refractivity contribution < 1.29 is 33.3 Å². The second-order valence-electron chi connectivity index (χ2n) is 15.0. The molecule has 46 heavy (non-hydrogen) atoms. The van der Waals surface area contributed by atoms with Gasteiger partial charge >= 0.3 is 13.1 Å². The van der Waals surface area contributed by atoms with Crippen LogP contribution >= 0.6 is 0 Å². The van der Waals surface area contributed by atoms with E-state index in [2.05, 4.69) is 26.1 Å². The Morgan fingerprint density at radius 1 is 1.15 bits per heavy atom. The first-order valence-corrected chi connectivity index (χ1v) is 15.9. The fraction of sp³-hybridized carbons (Fsp3) is 0.588. The van der Waals surface area contributed by atoms with Crippen molar-refractivity contribution in [1.82, 2.24) is 10.2 Å². The van der Waals surface area contributed by atoms with Gasteiger partial charge in [-0.05, 0) is 96.0 Å². The van der Waals surface area contributed by atoms with Crippen molar-refractivity contribution in [1.29, 1.82) is 0 Å². The van der Waals surface area contributed by atoms with Crippen LogP contribution in [0.4, 0.5) is 5.69 Å². The number of hydrogen-bond acceptors (Lipinski definition) is 9. The number of rotatable bonds is 10. The fourth-order valence-corrected chi connectivity index (χ4v) is 7.60. The largest absolute Gasteiger partial charge is 0.496 e. The van der Waals surface area contributed by atoms with E-state index in [4.69, 9.17) is 18.8 Å². The van der Waals surface area contributed by atoms with E-state index >= 15 is 0 Å². The van der Waals surface area contributed by atoms with E-state index in [1.54, 1.807) is 45.0 Å². The van der Waals surface area contributed by atoms with E-state index in [1.165, 1.54) is 13.2 Å². The number of carbonyl (C=O) groups is 2. The van der Waals surface area contributed by atoms with Gasteiger partial charge in [0.2, 0.25) is 0 Å². The van der Waals surface area contributed by atoms with Gasteiger partial charge in [0.1, 0.15) is 16.9 Å². The van der Waals surface area contributed by atoms with Gasteiger partial charge in [0.15, 0.2) is 0 Å². The summed E-state index contributed by atoms with van der Waals surface area (Å²) in [5, 5.41) is 15.0. The molecule has 4 aliphatic rings. The first kappa shape index (κ1) is 33.9. The zero-order valence-electron chi connectivity index (χ0n) is 28.3. The number of nitrogens with zero attached hydrogens (tertiary/aromatic N) is 2. The number of esters is 1. The first-order chi connectivity index (χ1) is 21.4. The number of amides is 1. The molecule has 2 bridgehead atoms. The third kappa shape index (κ3) is 6.39. The number of nitrogens with one attached hydrogen (secondary N) is 1. The van der Waals surface area contributed by atoms with Crippen LogP contribution in [-0.4, -0.2) is 73.3 Å². The van der Waals surface area contributed by atoms with Gasteiger partial charge in [0.25, 0.3) is 11.6 Å². The Balaban J connectivity index is 1.48. The molecule has 3 aliphatic carbocycles. The minimum absolute atomic E-state index is 0.125. The molecule has 4 fully saturated rings. The number of methoxy groups -OCH3 is 1. The van der Waals surface area contributed by atoms with Crippen LogP contribution in [-0.2, 0) is 27.0 Å². The summed E-state index contributed by atoms with van der Waals surface area (Å²) in [6.45, 7) is 12.4. The lowest BCUT2D eigenvalue weighted by Crippen LogP contribution is -2.65. The predicted octanol–water partition coefficient (Wildman–Crippen LogP) is 5.23. The van der Waals surface area contributed by atoms with Crippen molar-refractivity contribution in [3.63, 3.8) is 0 Å². The summed E-state index contributed by atoms with van der Waals surface area (Å²) in [6, 6.07) is 9.74. The van der Waals surface area contributed by atoms with Crippen LogP contribution in [0, 0.1) is 27.4 Å². The van der Waals surface area contributed by atoms with Crippen molar-refractivity contribution in [3.05, 3.63) is 68.8 Å². The van der Waals surface area contributed by atoms with Crippen molar-refractivity contribution in [2.24, 2.45) is 17.3 Å². The molecule has 5 atom stereocenters. The number of ether oxygens (including phenoxy) is 2. The minimum atomic E-state index is -0.799. The molecule has 1 saturated heterocycles. The van der Waals surface area contributed by atoms with Gasteiger partial charge in [0, 0.05) is 23.7 Å². The maximum absolute atomic E-state index is 13.8. The van der Waals surface area contributed by atoms with Gasteiger partial charge in [-0.3, -0.25) is 14.9 Å². The highest BCUT2D eigenvalue weighted by molar-refractivity contribution is 6.48. The zero-order valence-corrected chi connectivity index (χ0v) is 28.3. The van der Waals surface area contributed by atoms with Crippen LogP contribution in [0.25, 0.3) is 0 Å². The van der Waals surface area contributed by atoms with Crippen molar-refractivity contribution in [2.45, 2.75) is 90.6 Å². The molecule has 2 aromatic carbocycles. The lowest BCUT2D eigenvalue weighted by Gasteiger charge is -2.64. The van der Waals surface area contributed by atoms with Gasteiger partial charge in [-0.15, -0.1) is 0 Å². The van der Waals surface area contributed by atoms with Crippen molar-refractivity contribution >= 4 is 24.7 Å². The Kier molecular flexibility index (Phi) is 9.04. The van der Waals surface area contributed by atoms with Crippen LogP contribution in [0.5, 0.6) is 5.75 Å². The topological polar surface area (TPSA) is 129 Å². The molecule has 4 unspecified atom stereocenters.